The topological polar surface area (TPSA) is 59.7 Å². The second-order valence-corrected chi connectivity index (χ2v) is 7.74. The third-order valence-corrected chi connectivity index (χ3v) is 5.82. The minimum Gasteiger partial charge on any atom is -0.351 e. The van der Waals surface area contributed by atoms with Crippen molar-refractivity contribution < 1.29 is 14.0 Å². The molecule has 2 amide bonds. The highest BCUT2D eigenvalue weighted by molar-refractivity contribution is 5.98. The lowest BCUT2D eigenvalue weighted by Gasteiger charge is -2.29. The van der Waals surface area contributed by atoms with E-state index in [1.54, 1.807) is 17.0 Å². The first kappa shape index (κ1) is 18.9. The van der Waals surface area contributed by atoms with E-state index in [2.05, 4.69) is 9.88 Å². The standard InChI is InChI=1S/C21H27FN4O2/c22-17-4-5-18-16(14-17)15-19(23-18)21(28)26-9-6-20(27)25(12-13-26)11-10-24-7-2-1-3-8-24/h4-5,14-15,23H,1-3,6-13H2. The van der Waals surface area contributed by atoms with Crippen molar-refractivity contribution in [3.05, 3.63) is 35.8 Å². The van der Waals surface area contributed by atoms with E-state index in [4.69, 9.17) is 0 Å². The van der Waals surface area contributed by atoms with Crippen LogP contribution in [0.1, 0.15) is 36.2 Å². The molecule has 2 aliphatic heterocycles. The maximum Gasteiger partial charge on any atom is 0.270 e. The number of nitrogens with zero attached hydrogens (tertiary/aromatic N) is 3. The molecule has 4 rings (SSSR count). The zero-order chi connectivity index (χ0) is 19.5. The molecule has 1 aromatic carbocycles. The number of amides is 2. The SMILES string of the molecule is O=C1CCN(C(=O)c2cc3cc(F)ccc3[nH]2)CCN1CCN1CCCCC1. The van der Waals surface area contributed by atoms with Crippen LogP contribution in [-0.4, -0.2) is 77.3 Å². The van der Waals surface area contributed by atoms with E-state index < -0.39 is 0 Å². The maximum absolute atomic E-state index is 13.4. The fourth-order valence-corrected chi connectivity index (χ4v) is 4.14. The van der Waals surface area contributed by atoms with Crippen molar-refractivity contribution in [2.45, 2.75) is 25.7 Å². The third kappa shape index (κ3) is 4.19. The van der Waals surface area contributed by atoms with Crippen LogP contribution in [0.4, 0.5) is 4.39 Å². The van der Waals surface area contributed by atoms with E-state index in [-0.39, 0.29) is 17.6 Å². The van der Waals surface area contributed by atoms with Crippen molar-refractivity contribution in [2.75, 3.05) is 45.8 Å². The number of aromatic nitrogens is 1. The molecule has 0 atom stereocenters. The van der Waals surface area contributed by atoms with Gasteiger partial charge in [-0.3, -0.25) is 9.59 Å². The molecule has 1 N–H and O–H groups in total. The van der Waals surface area contributed by atoms with Gasteiger partial charge in [-0.2, -0.15) is 0 Å². The van der Waals surface area contributed by atoms with Gasteiger partial charge in [0, 0.05) is 50.0 Å². The highest BCUT2D eigenvalue weighted by Gasteiger charge is 2.25. The number of rotatable bonds is 4. The van der Waals surface area contributed by atoms with Crippen molar-refractivity contribution in [3.63, 3.8) is 0 Å². The quantitative estimate of drug-likeness (QED) is 0.878. The van der Waals surface area contributed by atoms with Crippen LogP contribution >= 0.6 is 0 Å². The molecule has 0 spiro atoms. The number of hydrogen-bond acceptors (Lipinski definition) is 3. The molecule has 0 unspecified atom stereocenters. The van der Waals surface area contributed by atoms with Crippen LogP contribution in [0.15, 0.2) is 24.3 Å². The highest BCUT2D eigenvalue weighted by atomic mass is 19.1. The predicted octanol–water partition coefficient (Wildman–Crippen LogP) is 2.47. The van der Waals surface area contributed by atoms with E-state index in [0.29, 0.717) is 37.1 Å². The number of halogens is 1. The summed E-state index contributed by atoms with van der Waals surface area (Å²) in [5.74, 6) is -0.344. The van der Waals surface area contributed by atoms with Crippen LogP contribution in [0.3, 0.4) is 0 Å². The molecule has 1 aromatic heterocycles. The molecule has 0 bridgehead atoms. The summed E-state index contributed by atoms with van der Waals surface area (Å²) >= 11 is 0. The van der Waals surface area contributed by atoms with Crippen molar-refractivity contribution in [1.82, 2.24) is 19.7 Å². The monoisotopic (exact) mass is 386 g/mol. The Bertz CT molecular complexity index is 859. The third-order valence-electron chi connectivity index (χ3n) is 5.82. The molecule has 6 nitrogen and oxygen atoms in total. The minimum absolute atomic E-state index is 0.117. The molecular weight excluding hydrogens is 359 g/mol. The van der Waals surface area contributed by atoms with Gasteiger partial charge < -0.3 is 19.7 Å². The van der Waals surface area contributed by atoms with Gasteiger partial charge in [-0.05, 0) is 50.2 Å². The largest absolute Gasteiger partial charge is 0.351 e. The average Bonchev–Trinajstić information content (AvgIpc) is 3.04. The van der Waals surface area contributed by atoms with Gasteiger partial charge in [0.25, 0.3) is 5.91 Å². The molecule has 2 aromatic rings. The Balaban J connectivity index is 1.37. The summed E-state index contributed by atoms with van der Waals surface area (Å²) in [5.41, 5.74) is 1.17. The van der Waals surface area contributed by atoms with Gasteiger partial charge in [-0.15, -0.1) is 0 Å². The number of carbonyl (C=O) groups excluding carboxylic acids is 2. The first-order chi connectivity index (χ1) is 13.6. The van der Waals surface area contributed by atoms with Crippen molar-refractivity contribution >= 4 is 22.7 Å². The summed E-state index contributed by atoms with van der Waals surface area (Å²) in [4.78, 5) is 34.5. The van der Waals surface area contributed by atoms with Crippen LogP contribution in [0.5, 0.6) is 0 Å². The number of H-pyrrole nitrogens is 1. The van der Waals surface area contributed by atoms with E-state index >= 15 is 0 Å². The predicted molar refractivity (Wildman–Crippen MR) is 106 cm³/mol. The summed E-state index contributed by atoms with van der Waals surface area (Å²) in [6.07, 6.45) is 4.13. The van der Waals surface area contributed by atoms with Gasteiger partial charge >= 0.3 is 0 Å². The number of piperidine rings is 1. The smallest absolute Gasteiger partial charge is 0.270 e. The first-order valence-electron chi connectivity index (χ1n) is 10.2. The van der Waals surface area contributed by atoms with E-state index in [1.165, 1.54) is 31.4 Å². The number of aromatic amines is 1. The Hall–Kier alpha value is -2.41. The lowest BCUT2D eigenvalue weighted by molar-refractivity contribution is -0.130. The highest BCUT2D eigenvalue weighted by Crippen LogP contribution is 2.19. The Morgan fingerprint density at radius 2 is 1.82 bits per heavy atom. The van der Waals surface area contributed by atoms with Crippen LogP contribution in [0, 0.1) is 5.82 Å². The molecule has 3 heterocycles. The second kappa shape index (κ2) is 8.31. The molecule has 2 fully saturated rings. The summed E-state index contributed by atoms with van der Waals surface area (Å²) in [6, 6.07) is 6.10. The summed E-state index contributed by atoms with van der Waals surface area (Å²) in [5, 5.41) is 0.678. The van der Waals surface area contributed by atoms with Gasteiger partial charge in [0.05, 0.1) is 0 Å². The normalized spacial score (nSPS) is 19.2. The van der Waals surface area contributed by atoms with Gasteiger partial charge in [-0.1, -0.05) is 6.42 Å². The zero-order valence-electron chi connectivity index (χ0n) is 16.1. The molecule has 150 valence electrons. The zero-order valence-corrected chi connectivity index (χ0v) is 16.1. The Labute approximate surface area is 164 Å². The van der Waals surface area contributed by atoms with Gasteiger partial charge in [0.1, 0.15) is 11.5 Å². The molecule has 28 heavy (non-hydrogen) atoms. The fraction of sp³-hybridized carbons (Fsp3) is 0.524. The van der Waals surface area contributed by atoms with Gasteiger partial charge in [0.2, 0.25) is 5.91 Å². The lowest BCUT2D eigenvalue weighted by atomic mass is 10.1. The van der Waals surface area contributed by atoms with Crippen LogP contribution < -0.4 is 0 Å². The lowest BCUT2D eigenvalue weighted by Crippen LogP contribution is -2.41. The molecule has 2 aliphatic rings. The molecule has 7 heteroatoms. The number of nitrogens with one attached hydrogen (secondary N) is 1. The second-order valence-electron chi connectivity index (χ2n) is 7.74. The van der Waals surface area contributed by atoms with Crippen molar-refractivity contribution in [3.8, 4) is 0 Å². The Morgan fingerprint density at radius 3 is 2.64 bits per heavy atom. The minimum atomic E-state index is -0.324. The summed E-state index contributed by atoms with van der Waals surface area (Å²) in [7, 11) is 0. The first-order valence-corrected chi connectivity index (χ1v) is 10.2. The molecule has 0 saturated carbocycles. The maximum atomic E-state index is 13.4. The molecule has 0 radical (unpaired) electrons. The number of likely N-dealkylation sites (tertiary alicyclic amines) is 1. The van der Waals surface area contributed by atoms with Crippen molar-refractivity contribution in [2.24, 2.45) is 0 Å². The Kier molecular flexibility index (Phi) is 5.62. The molecule has 0 aliphatic carbocycles. The number of carbonyl (C=O) groups is 2. The summed E-state index contributed by atoms with van der Waals surface area (Å²) < 4.78 is 13.4. The Morgan fingerprint density at radius 1 is 1.00 bits per heavy atom. The number of hydrogen-bond donors (Lipinski definition) is 1. The van der Waals surface area contributed by atoms with Gasteiger partial charge in [0.15, 0.2) is 0 Å². The van der Waals surface area contributed by atoms with E-state index in [9.17, 15) is 14.0 Å². The van der Waals surface area contributed by atoms with Crippen molar-refractivity contribution in [1.29, 1.82) is 0 Å². The summed E-state index contributed by atoms with van der Waals surface area (Å²) in [6.45, 7) is 5.38. The molecule has 2 saturated heterocycles. The average molecular weight is 386 g/mol. The van der Waals surface area contributed by atoms with E-state index in [0.717, 1.165) is 31.7 Å². The fourth-order valence-electron chi connectivity index (χ4n) is 4.14. The van der Waals surface area contributed by atoms with E-state index in [1.807, 2.05) is 4.90 Å². The van der Waals surface area contributed by atoms with Gasteiger partial charge in [-0.25, -0.2) is 4.39 Å². The molecular formula is C21H27FN4O2. The van der Waals surface area contributed by atoms with Crippen LogP contribution in [0.2, 0.25) is 0 Å². The number of fused-ring (bicyclic) bond motifs is 1. The van der Waals surface area contributed by atoms with Crippen LogP contribution in [-0.2, 0) is 4.79 Å². The number of benzene rings is 1. The van der Waals surface area contributed by atoms with Crippen LogP contribution in [0.25, 0.3) is 10.9 Å².